The molecular weight excluding hydrogens is 322 g/mol. The van der Waals surface area contributed by atoms with Crippen LogP contribution in [0.4, 0.5) is 0 Å². The van der Waals surface area contributed by atoms with E-state index >= 15 is 0 Å². The molecule has 0 aliphatic carbocycles. The van der Waals surface area contributed by atoms with Gasteiger partial charge in [0.15, 0.2) is 6.61 Å². The van der Waals surface area contributed by atoms with Crippen molar-refractivity contribution in [2.75, 3.05) is 13.7 Å². The second-order valence-corrected chi connectivity index (χ2v) is 4.91. The maximum absolute atomic E-state index is 12.1. The molecule has 0 aliphatic rings. The molecule has 0 unspecified atom stereocenters. The number of rotatable bonds is 7. The number of ether oxygens (including phenoxy) is 2. The van der Waals surface area contributed by atoms with Crippen LogP contribution >= 0.6 is 11.6 Å². The molecule has 1 rings (SSSR count). The molecule has 124 valence electrons. The lowest BCUT2D eigenvalue weighted by Crippen LogP contribution is -2.26. The number of hydrogen-bond donors (Lipinski definition) is 3. The van der Waals surface area contributed by atoms with Gasteiger partial charge in [0.25, 0.3) is 0 Å². The molecule has 1 aromatic rings. The van der Waals surface area contributed by atoms with Gasteiger partial charge >= 0.3 is 5.97 Å². The first-order valence-corrected chi connectivity index (χ1v) is 7.06. The molecule has 7 nitrogen and oxygen atoms in total. The highest BCUT2D eigenvalue weighted by Gasteiger charge is 2.20. The lowest BCUT2D eigenvalue weighted by Gasteiger charge is -2.10. The van der Waals surface area contributed by atoms with Crippen molar-refractivity contribution in [3.05, 3.63) is 40.2 Å². The van der Waals surface area contributed by atoms with Crippen molar-refractivity contribution in [2.24, 2.45) is 11.5 Å². The fraction of sp³-hybridized carbons (Fsp3) is 0.267. The first-order valence-electron chi connectivity index (χ1n) is 6.68. The first kappa shape index (κ1) is 18.5. The second kappa shape index (κ2) is 8.19. The van der Waals surface area contributed by atoms with Crippen LogP contribution in [0.5, 0.6) is 5.75 Å². The number of ketones is 1. The summed E-state index contributed by atoms with van der Waals surface area (Å²) >= 11 is 5.98. The van der Waals surface area contributed by atoms with Crippen LogP contribution in [0, 0.1) is 5.41 Å². The van der Waals surface area contributed by atoms with Crippen molar-refractivity contribution in [2.45, 2.75) is 13.3 Å². The normalized spacial score (nSPS) is 9.87. The summed E-state index contributed by atoms with van der Waals surface area (Å²) < 4.78 is 9.87. The van der Waals surface area contributed by atoms with Crippen molar-refractivity contribution in [1.82, 2.24) is 0 Å². The highest BCUT2D eigenvalue weighted by molar-refractivity contribution is 6.34. The smallest absolute Gasteiger partial charge is 0.344 e. The Labute approximate surface area is 138 Å². The highest BCUT2D eigenvalue weighted by Crippen LogP contribution is 2.22. The zero-order valence-electron chi connectivity index (χ0n) is 12.8. The van der Waals surface area contributed by atoms with Crippen LogP contribution in [0.15, 0.2) is 29.6 Å². The molecule has 0 spiro atoms. The summed E-state index contributed by atoms with van der Waals surface area (Å²) in [5, 5.41) is 7.83. The van der Waals surface area contributed by atoms with E-state index in [4.69, 9.17) is 38.0 Å². The Morgan fingerprint density at radius 2 is 1.96 bits per heavy atom. The predicted octanol–water partition coefficient (Wildman–Crippen LogP) is 1.63. The number of carbonyl (C=O) groups excluding carboxylic acids is 2. The van der Waals surface area contributed by atoms with Gasteiger partial charge in [-0.3, -0.25) is 4.79 Å². The SMILES string of the molecule is CCC(=N)C(C(=O)OCC(=O)c1ccc(OC)cc1Cl)=C(N)N. The van der Waals surface area contributed by atoms with Crippen molar-refractivity contribution in [3.8, 4) is 5.75 Å². The lowest BCUT2D eigenvalue weighted by atomic mass is 10.1. The molecule has 23 heavy (non-hydrogen) atoms. The molecular formula is C15H18ClN3O4. The minimum absolute atomic E-state index is 0.0649. The van der Waals surface area contributed by atoms with E-state index in [0.29, 0.717) is 5.75 Å². The second-order valence-electron chi connectivity index (χ2n) is 4.51. The summed E-state index contributed by atoms with van der Waals surface area (Å²) in [6, 6.07) is 4.52. The van der Waals surface area contributed by atoms with Gasteiger partial charge in [-0.2, -0.15) is 0 Å². The Morgan fingerprint density at radius 1 is 1.30 bits per heavy atom. The Kier molecular flexibility index (Phi) is 6.59. The average Bonchev–Trinajstić information content (AvgIpc) is 2.51. The number of hydrogen-bond acceptors (Lipinski definition) is 7. The van der Waals surface area contributed by atoms with Gasteiger partial charge in [0.05, 0.1) is 12.1 Å². The van der Waals surface area contributed by atoms with Crippen LogP contribution in [0.2, 0.25) is 5.02 Å². The molecule has 0 bridgehead atoms. The minimum Gasteiger partial charge on any atom is -0.497 e. The van der Waals surface area contributed by atoms with Gasteiger partial charge in [0.2, 0.25) is 5.78 Å². The van der Waals surface area contributed by atoms with Gasteiger partial charge in [-0.15, -0.1) is 0 Å². The maximum Gasteiger partial charge on any atom is 0.344 e. The fourth-order valence-corrected chi connectivity index (χ4v) is 2.00. The predicted molar refractivity (Wildman–Crippen MR) is 86.7 cm³/mol. The van der Waals surface area contributed by atoms with Gasteiger partial charge in [-0.05, 0) is 24.6 Å². The molecule has 0 atom stereocenters. The van der Waals surface area contributed by atoms with E-state index in [-0.39, 0.29) is 34.1 Å². The molecule has 1 aromatic carbocycles. The van der Waals surface area contributed by atoms with E-state index in [2.05, 4.69) is 0 Å². The van der Waals surface area contributed by atoms with Crippen LogP contribution in [0.1, 0.15) is 23.7 Å². The Balaban J connectivity index is 2.82. The third-order valence-corrected chi connectivity index (χ3v) is 3.27. The van der Waals surface area contributed by atoms with Crippen LogP contribution in [0.25, 0.3) is 0 Å². The Bertz CT molecular complexity index is 667. The molecule has 0 amide bonds. The monoisotopic (exact) mass is 339 g/mol. The van der Waals surface area contributed by atoms with Crippen molar-refractivity contribution < 1.29 is 19.1 Å². The van der Waals surface area contributed by atoms with Crippen molar-refractivity contribution in [3.63, 3.8) is 0 Å². The van der Waals surface area contributed by atoms with E-state index in [0.717, 1.165) is 0 Å². The van der Waals surface area contributed by atoms with Crippen LogP contribution in [-0.4, -0.2) is 31.2 Å². The van der Waals surface area contributed by atoms with Gasteiger partial charge in [0, 0.05) is 11.3 Å². The number of Topliss-reactive ketones (excluding diaryl/α,β-unsaturated/α-hetero) is 1. The largest absolute Gasteiger partial charge is 0.497 e. The van der Waals surface area contributed by atoms with Crippen molar-refractivity contribution in [1.29, 1.82) is 5.41 Å². The van der Waals surface area contributed by atoms with Crippen LogP contribution < -0.4 is 16.2 Å². The van der Waals surface area contributed by atoms with E-state index in [9.17, 15) is 9.59 Å². The third-order valence-electron chi connectivity index (χ3n) is 2.96. The van der Waals surface area contributed by atoms with E-state index < -0.39 is 18.4 Å². The highest BCUT2D eigenvalue weighted by atomic mass is 35.5. The molecule has 0 radical (unpaired) electrons. The number of halogens is 1. The first-order chi connectivity index (χ1) is 10.8. The summed E-state index contributed by atoms with van der Waals surface area (Å²) in [7, 11) is 1.47. The lowest BCUT2D eigenvalue weighted by molar-refractivity contribution is -0.137. The third kappa shape index (κ3) is 4.72. The zero-order valence-corrected chi connectivity index (χ0v) is 13.6. The quantitative estimate of drug-likeness (QED) is 0.300. The maximum atomic E-state index is 12.1. The molecule has 0 heterocycles. The van der Waals surface area contributed by atoms with E-state index in [1.807, 2.05) is 0 Å². The summed E-state index contributed by atoms with van der Waals surface area (Å²) in [4.78, 5) is 24.0. The van der Waals surface area contributed by atoms with E-state index in [1.54, 1.807) is 13.0 Å². The van der Waals surface area contributed by atoms with E-state index in [1.165, 1.54) is 19.2 Å². The van der Waals surface area contributed by atoms with Crippen molar-refractivity contribution >= 4 is 29.1 Å². The molecule has 0 saturated heterocycles. The molecule has 0 aromatic heterocycles. The van der Waals surface area contributed by atoms with Gasteiger partial charge in [0.1, 0.15) is 17.1 Å². The topological polar surface area (TPSA) is 128 Å². The average molecular weight is 340 g/mol. The van der Waals surface area contributed by atoms with Crippen LogP contribution in [-0.2, 0) is 9.53 Å². The molecule has 8 heteroatoms. The summed E-state index contributed by atoms with van der Waals surface area (Å²) in [5.74, 6) is -1.24. The van der Waals surface area contributed by atoms with Crippen LogP contribution in [0.3, 0.4) is 0 Å². The number of carbonyl (C=O) groups is 2. The number of nitrogens with one attached hydrogen (secondary N) is 1. The summed E-state index contributed by atoms with van der Waals surface area (Å²) in [6.45, 7) is 1.12. The van der Waals surface area contributed by atoms with Gasteiger partial charge in [-0.1, -0.05) is 18.5 Å². The summed E-state index contributed by atoms with van der Waals surface area (Å²) in [5.41, 5.74) is 10.7. The zero-order chi connectivity index (χ0) is 17.6. The van der Waals surface area contributed by atoms with Gasteiger partial charge in [-0.25, -0.2) is 4.79 Å². The molecule has 0 aliphatic heterocycles. The summed E-state index contributed by atoms with van der Waals surface area (Å²) in [6.07, 6.45) is 0.251. The minimum atomic E-state index is -0.921. The Hall–Kier alpha value is -2.54. The fourth-order valence-electron chi connectivity index (χ4n) is 1.72. The Morgan fingerprint density at radius 3 is 2.43 bits per heavy atom. The number of methoxy groups -OCH3 is 1. The number of benzene rings is 1. The molecule has 0 saturated carbocycles. The molecule has 5 N–H and O–H groups in total. The van der Waals surface area contributed by atoms with Gasteiger partial charge < -0.3 is 26.4 Å². The standard InChI is InChI=1S/C15H18ClN3O4/c1-3-11(17)13(14(18)19)15(21)23-7-12(20)9-5-4-8(22-2)6-10(9)16/h4-6,17H,3,7,18-19H2,1-2H3. The number of esters is 1. The molecule has 0 fully saturated rings. The number of nitrogens with two attached hydrogens (primary N) is 2.